The van der Waals surface area contributed by atoms with E-state index in [1.54, 1.807) is 18.6 Å². The fourth-order valence-corrected chi connectivity index (χ4v) is 2.98. The zero-order chi connectivity index (χ0) is 18.4. The van der Waals surface area contributed by atoms with E-state index >= 15 is 0 Å². The minimum absolute atomic E-state index is 0.0547. The molecule has 26 heavy (non-hydrogen) atoms. The smallest absolute Gasteiger partial charge is 0.274 e. The van der Waals surface area contributed by atoms with Gasteiger partial charge in [0.15, 0.2) is 0 Å². The first-order chi connectivity index (χ1) is 12.7. The summed E-state index contributed by atoms with van der Waals surface area (Å²) in [6.07, 6.45) is 7.32. The molecular weight excluding hydrogens is 328 g/mol. The maximum absolute atomic E-state index is 12.7. The second-order valence-corrected chi connectivity index (χ2v) is 6.50. The first-order valence-electron chi connectivity index (χ1n) is 9.17. The van der Waals surface area contributed by atoms with Gasteiger partial charge in [-0.05, 0) is 18.6 Å². The molecule has 7 nitrogen and oxygen atoms in total. The number of anilines is 2. The number of piperazine rings is 1. The number of nitrogens with zero attached hydrogens (tertiary/aromatic N) is 6. The Kier molecular flexibility index (Phi) is 5.99. The first kappa shape index (κ1) is 18.1. The molecule has 0 unspecified atom stereocenters. The minimum atomic E-state index is -0.0547. The molecule has 2 aromatic heterocycles. The number of amides is 1. The minimum Gasteiger partial charge on any atom is -0.358 e. The summed E-state index contributed by atoms with van der Waals surface area (Å²) in [5.74, 6) is 1.70. The molecule has 0 spiro atoms. The lowest BCUT2D eigenvalue weighted by Gasteiger charge is -2.35. The van der Waals surface area contributed by atoms with E-state index in [0.717, 1.165) is 44.1 Å². The van der Waals surface area contributed by atoms with Crippen LogP contribution in [-0.4, -0.2) is 65.5 Å². The van der Waals surface area contributed by atoms with Crippen molar-refractivity contribution in [2.75, 3.05) is 49.6 Å². The van der Waals surface area contributed by atoms with Crippen molar-refractivity contribution in [1.82, 2.24) is 19.9 Å². The van der Waals surface area contributed by atoms with Crippen LogP contribution >= 0.6 is 0 Å². The fraction of sp³-hybridized carbons (Fsp3) is 0.474. The Bertz CT molecular complexity index is 698. The Balaban J connectivity index is 1.56. The van der Waals surface area contributed by atoms with Crippen LogP contribution in [-0.2, 0) is 0 Å². The van der Waals surface area contributed by atoms with Gasteiger partial charge in [0.2, 0.25) is 0 Å². The Morgan fingerprint density at radius 2 is 1.92 bits per heavy atom. The molecule has 2 aromatic rings. The molecular formula is C19H26N6O. The van der Waals surface area contributed by atoms with Crippen molar-refractivity contribution >= 4 is 17.5 Å². The van der Waals surface area contributed by atoms with Gasteiger partial charge >= 0.3 is 0 Å². The van der Waals surface area contributed by atoms with E-state index in [9.17, 15) is 4.79 Å². The number of hydrogen-bond acceptors (Lipinski definition) is 6. The molecule has 0 radical (unpaired) electrons. The van der Waals surface area contributed by atoms with Crippen molar-refractivity contribution in [3.63, 3.8) is 0 Å². The van der Waals surface area contributed by atoms with Gasteiger partial charge in [-0.1, -0.05) is 19.4 Å². The summed E-state index contributed by atoms with van der Waals surface area (Å²) in [6, 6.07) is 5.89. The van der Waals surface area contributed by atoms with Crippen LogP contribution in [0.25, 0.3) is 0 Å². The summed E-state index contributed by atoms with van der Waals surface area (Å²) in [7, 11) is 2.00. The van der Waals surface area contributed by atoms with Gasteiger partial charge in [-0.15, -0.1) is 0 Å². The monoisotopic (exact) mass is 354 g/mol. The molecule has 0 aliphatic carbocycles. The van der Waals surface area contributed by atoms with Gasteiger partial charge < -0.3 is 14.7 Å². The quantitative estimate of drug-likeness (QED) is 0.791. The highest BCUT2D eigenvalue weighted by molar-refractivity contribution is 5.92. The van der Waals surface area contributed by atoms with Gasteiger partial charge in [0.25, 0.3) is 5.91 Å². The Morgan fingerprint density at radius 3 is 2.54 bits per heavy atom. The highest BCUT2D eigenvalue weighted by atomic mass is 16.2. The molecule has 1 aliphatic heterocycles. The van der Waals surface area contributed by atoms with E-state index in [0.29, 0.717) is 18.8 Å². The fourth-order valence-electron chi connectivity index (χ4n) is 2.98. The molecule has 0 atom stereocenters. The average Bonchev–Trinajstić information content (AvgIpc) is 2.72. The third kappa shape index (κ3) is 4.28. The second kappa shape index (κ2) is 8.60. The standard InChI is InChI=1S/C19H26N6O/c1-3-4-9-23(2)18-15-21-16(14-22-18)19(26)25-12-10-24(11-13-25)17-7-5-6-8-20-17/h5-8,14-15H,3-4,9-13H2,1-2H3. The third-order valence-electron chi connectivity index (χ3n) is 4.64. The molecule has 1 fully saturated rings. The Morgan fingerprint density at radius 1 is 1.12 bits per heavy atom. The molecule has 0 N–H and O–H groups in total. The molecule has 1 saturated heterocycles. The highest BCUT2D eigenvalue weighted by Gasteiger charge is 2.23. The van der Waals surface area contributed by atoms with Crippen LogP contribution in [0.15, 0.2) is 36.8 Å². The number of aromatic nitrogens is 3. The number of carbonyl (C=O) groups is 1. The van der Waals surface area contributed by atoms with E-state index in [1.807, 2.05) is 30.1 Å². The number of rotatable bonds is 6. The third-order valence-corrected chi connectivity index (χ3v) is 4.64. The highest BCUT2D eigenvalue weighted by Crippen LogP contribution is 2.14. The number of hydrogen-bond donors (Lipinski definition) is 0. The molecule has 0 saturated carbocycles. The van der Waals surface area contributed by atoms with Crippen LogP contribution in [0.2, 0.25) is 0 Å². The van der Waals surface area contributed by atoms with Crippen molar-refractivity contribution in [2.24, 2.45) is 0 Å². The van der Waals surface area contributed by atoms with Gasteiger partial charge in [-0.2, -0.15) is 0 Å². The van der Waals surface area contributed by atoms with Crippen molar-refractivity contribution in [2.45, 2.75) is 19.8 Å². The second-order valence-electron chi connectivity index (χ2n) is 6.50. The summed E-state index contributed by atoms with van der Waals surface area (Å²) >= 11 is 0. The molecule has 138 valence electrons. The van der Waals surface area contributed by atoms with Crippen molar-refractivity contribution < 1.29 is 4.79 Å². The van der Waals surface area contributed by atoms with Gasteiger partial charge in [0.1, 0.15) is 17.3 Å². The maximum Gasteiger partial charge on any atom is 0.274 e. The molecule has 3 heterocycles. The van der Waals surface area contributed by atoms with Crippen molar-refractivity contribution in [3.8, 4) is 0 Å². The van der Waals surface area contributed by atoms with Crippen molar-refractivity contribution in [3.05, 3.63) is 42.5 Å². The van der Waals surface area contributed by atoms with Gasteiger partial charge in [0, 0.05) is 46.0 Å². The SMILES string of the molecule is CCCCN(C)c1cnc(C(=O)N2CCN(c3ccccn3)CC2)cn1. The summed E-state index contributed by atoms with van der Waals surface area (Å²) < 4.78 is 0. The Hall–Kier alpha value is -2.70. The van der Waals surface area contributed by atoms with E-state index in [-0.39, 0.29) is 5.91 Å². The van der Waals surface area contributed by atoms with Crippen molar-refractivity contribution in [1.29, 1.82) is 0 Å². The lowest BCUT2D eigenvalue weighted by atomic mass is 10.2. The van der Waals surface area contributed by atoms with Crippen LogP contribution in [0.4, 0.5) is 11.6 Å². The van der Waals surface area contributed by atoms with Crippen LogP contribution in [0.1, 0.15) is 30.3 Å². The number of carbonyl (C=O) groups excluding carboxylic acids is 1. The Labute approximate surface area is 154 Å². The van der Waals surface area contributed by atoms with E-state index in [2.05, 4.69) is 31.7 Å². The number of pyridine rings is 1. The summed E-state index contributed by atoms with van der Waals surface area (Å²) in [5, 5.41) is 0. The molecule has 1 amide bonds. The van der Waals surface area contributed by atoms with Crippen LogP contribution < -0.4 is 9.80 Å². The van der Waals surface area contributed by atoms with Crippen LogP contribution in [0, 0.1) is 0 Å². The lowest BCUT2D eigenvalue weighted by molar-refractivity contribution is 0.0740. The normalized spacial score (nSPS) is 14.4. The molecule has 3 rings (SSSR count). The summed E-state index contributed by atoms with van der Waals surface area (Å²) in [6.45, 7) is 5.97. The van der Waals surface area contributed by atoms with E-state index in [1.165, 1.54) is 0 Å². The van der Waals surface area contributed by atoms with Gasteiger partial charge in [-0.25, -0.2) is 15.0 Å². The topological polar surface area (TPSA) is 65.5 Å². The van der Waals surface area contributed by atoms with E-state index < -0.39 is 0 Å². The molecule has 0 aromatic carbocycles. The predicted molar refractivity (Wildman–Crippen MR) is 103 cm³/mol. The average molecular weight is 354 g/mol. The summed E-state index contributed by atoms with van der Waals surface area (Å²) in [5.41, 5.74) is 0.406. The van der Waals surface area contributed by atoms with Crippen LogP contribution in [0.5, 0.6) is 0 Å². The first-order valence-corrected chi connectivity index (χ1v) is 9.17. The molecule has 1 aliphatic rings. The van der Waals surface area contributed by atoms with Gasteiger partial charge in [0.05, 0.1) is 12.4 Å². The zero-order valence-electron chi connectivity index (χ0n) is 15.5. The lowest BCUT2D eigenvalue weighted by Crippen LogP contribution is -2.49. The van der Waals surface area contributed by atoms with Gasteiger partial charge in [-0.3, -0.25) is 4.79 Å². The zero-order valence-corrected chi connectivity index (χ0v) is 15.5. The van der Waals surface area contributed by atoms with Crippen LogP contribution in [0.3, 0.4) is 0 Å². The summed E-state index contributed by atoms with van der Waals surface area (Å²) in [4.78, 5) is 31.9. The van der Waals surface area contributed by atoms with E-state index in [4.69, 9.17) is 0 Å². The molecule has 7 heteroatoms. The molecule has 0 bridgehead atoms. The number of unbranched alkanes of at least 4 members (excludes halogenated alkanes) is 1. The predicted octanol–water partition coefficient (Wildman–Crippen LogP) is 2.07. The maximum atomic E-state index is 12.7. The largest absolute Gasteiger partial charge is 0.358 e.